The van der Waals surface area contributed by atoms with Crippen molar-refractivity contribution in [2.24, 2.45) is 0 Å². The third-order valence-electron chi connectivity index (χ3n) is 3.04. The molecule has 0 saturated carbocycles. The highest BCUT2D eigenvalue weighted by Crippen LogP contribution is 2.20. The molecule has 2 N–H and O–H groups in total. The van der Waals surface area contributed by atoms with Crippen molar-refractivity contribution in [1.29, 1.82) is 0 Å². The molecule has 20 heavy (non-hydrogen) atoms. The van der Waals surface area contributed by atoms with Crippen molar-refractivity contribution >= 4 is 11.7 Å². The minimum absolute atomic E-state index is 0.0769. The summed E-state index contributed by atoms with van der Waals surface area (Å²) in [5, 5.41) is 11.9. The van der Waals surface area contributed by atoms with E-state index in [9.17, 15) is 13.6 Å². The number of nitrogens with one attached hydrogen (secondary N) is 1. The number of rotatable bonds is 4. The molecule has 2 aromatic carbocycles. The second-order valence-corrected chi connectivity index (χ2v) is 4.37. The number of hydrogen-bond donors (Lipinski definition) is 2. The maximum Gasteiger partial charge on any atom is 0.336 e. The van der Waals surface area contributed by atoms with Gasteiger partial charge in [0.15, 0.2) is 0 Å². The highest BCUT2D eigenvalue weighted by Gasteiger charge is 2.10. The van der Waals surface area contributed by atoms with E-state index in [1.807, 2.05) is 0 Å². The Labute approximate surface area is 114 Å². The maximum atomic E-state index is 13.5. The SMILES string of the molecule is Cc1c(NCc2cc(F)ccc2F)cccc1C(=O)O. The van der Waals surface area contributed by atoms with Gasteiger partial charge in [0.25, 0.3) is 0 Å². The average Bonchev–Trinajstić information content (AvgIpc) is 2.41. The lowest BCUT2D eigenvalue weighted by Crippen LogP contribution is -2.07. The molecule has 0 unspecified atom stereocenters. The molecule has 3 nitrogen and oxygen atoms in total. The van der Waals surface area contributed by atoms with Crippen molar-refractivity contribution in [1.82, 2.24) is 0 Å². The van der Waals surface area contributed by atoms with Crippen LogP contribution in [0.5, 0.6) is 0 Å². The van der Waals surface area contributed by atoms with Crippen molar-refractivity contribution in [2.45, 2.75) is 13.5 Å². The van der Waals surface area contributed by atoms with Crippen LogP contribution in [0.4, 0.5) is 14.5 Å². The normalized spacial score (nSPS) is 10.3. The van der Waals surface area contributed by atoms with Gasteiger partial charge in [-0.15, -0.1) is 0 Å². The summed E-state index contributed by atoms with van der Waals surface area (Å²) in [6.07, 6.45) is 0. The molecule has 0 radical (unpaired) electrons. The lowest BCUT2D eigenvalue weighted by Gasteiger charge is -2.12. The molecule has 0 atom stereocenters. The van der Waals surface area contributed by atoms with E-state index in [2.05, 4.69) is 5.32 Å². The van der Waals surface area contributed by atoms with Gasteiger partial charge in [0.1, 0.15) is 11.6 Å². The molecule has 0 saturated heterocycles. The van der Waals surface area contributed by atoms with Crippen molar-refractivity contribution < 1.29 is 18.7 Å². The fourth-order valence-electron chi connectivity index (χ4n) is 1.93. The third-order valence-corrected chi connectivity index (χ3v) is 3.04. The number of benzene rings is 2. The topological polar surface area (TPSA) is 49.3 Å². The number of carboxylic acids is 1. The zero-order chi connectivity index (χ0) is 14.7. The highest BCUT2D eigenvalue weighted by atomic mass is 19.1. The number of carbonyl (C=O) groups is 1. The van der Waals surface area contributed by atoms with Crippen LogP contribution < -0.4 is 5.32 Å². The number of aromatic carboxylic acids is 1. The molecule has 0 aliphatic heterocycles. The summed E-state index contributed by atoms with van der Waals surface area (Å²) < 4.78 is 26.5. The first-order valence-corrected chi connectivity index (χ1v) is 5.99. The summed E-state index contributed by atoms with van der Waals surface area (Å²) >= 11 is 0. The quantitative estimate of drug-likeness (QED) is 0.898. The highest BCUT2D eigenvalue weighted by molar-refractivity contribution is 5.91. The standard InChI is InChI=1S/C15H13F2NO2/c1-9-12(15(19)20)3-2-4-14(9)18-8-10-7-11(16)5-6-13(10)17/h2-7,18H,8H2,1H3,(H,19,20). The molecule has 0 aliphatic carbocycles. The van der Waals surface area contributed by atoms with Crippen molar-refractivity contribution in [3.63, 3.8) is 0 Å². The molecule has 2 aromatic rings. The molecule has 0 bridgehead atoms. The number of anilines is 1. The van der Waals surface area contributed by atoms with Gasteiger partial charge in [0, 0.05) is 17.8 Å². The van der Waals surface area contributed by atoms with Crippen LogP contribution in [-0.4, -0.2) is 11.1 Å². The van der Waals surface area contributed by atoms with E-state index in [1.54, 1.807) is 19.1 Å². The Morgan fingerprint density at radius 3 is 2.70 bits per heavy atom. The minimum Gasteiger partial charge on any atom is -0.478 e. The van der Waals surface area contributed by atoms with Gasteiger partial charge in [0.2, 0.25) is 0 Å². The molecule has 104 valence electrons. The van der Waals surface area contributed by atoms with Crippen LogP contribution in [0.15, 0.2) is 36.4 Å². The number of hydrogen-bond acceptors (Lipinski definition) is 2. The molecule has 0 fully saturated rings. The zero-order valence-corrected chi connectivity index (χ0v) is 10.8. The maximum absolute atomic E-state index is 13.5. The summed E-state index contributed by atoms with van der Waals surface area (Å²) in [7, 11) is 0. The van der Waals surface area contributed by atoms with Gasteiger partial charge < -0.3 is 10.4 Å². The van der Waals surface area contributed by atoms with Gasteiger partial charge >= 0.3 is 5.97 Å². The molecular formula is C15H13F2NO2. The summed E-state index contributed by atoms with van der Waals surface area (Å²) in [4.78, 5) is 11.0. The Balaban J connectivity index is 2.21. The van der Waals surface area contributed by atoms with Gasteiger partial charge in [-0.1, -0.05) is 6.07 Å². The van der Waals surface area contributed by atoms with Crippen LogP contribution in [0.3, 0.4) is 0 Å². The van der Waals surface area contributed by atoms with Crippen LogP contribution in [0.2, 0.25) is 0 Å². The molecule has 2 rings (SSSR count). The first-order valence-electron chi connectivity index (χ1n) is 5.99. The molecule has 5 heteroatoms. The van der Waals surface area contributed by atoms with Crippen molar-refractivity contribution in [2.75, 3.05) is 5.32 Å². The van der Waals surface area contributed by atoms with E-state index in [-0.39, 0.29) is 17.7 Å². The predicted octanol–water partition coefficient (Wildman–Crippen LogP) is 3.58. The van der Waals surface area contributed by atoms with Gasteiger partial charge in [0.05, 0.1) is 5.56 Å². The second kappa shape index (κ2) is 5.69. The smallest absolute Gasteiger partial charge is 0.336 e. The Morgan fingerprint density at radius 1 is 1.25 bits per heavy atom. The van der Waals surface area contributed by atoms with Gasteiger partial charge in [-0.2, -0.15) is 0 Å². The lowest BCUT2D eigenvalue weighted by molar-refractivity contribution is 0.0696. The Morgan fingerprint density at radius 2 is 2.00 bits per heavy atom. The van der Waals surface area contributed by atoms with Crippen molar-refractivity contribution in [3.8, 4) is 0 Å². The zero-order valence-electron chi connectivity index (χ0n) is 10.8. The number of carboxylic acid groups (broad SMARTS) is 1. The molecule has 0 aliphatic rings. The summed E-state index contributed by atoms with van der Waals surface area (Å²) in [5.41, 5.74) is 1.49. The van der Waals surface area contributed by atoms with E-state index < -0.39 is 17.6 Å². The van der Waals surface area contributed by atoms with E-state index >= 15 is 0 Å². The predicted molar refractivity (Wildman–Crippen MR) is 71.8 cm³/mol. The first kappa shape index (κ1) is 14.0. The summed E-state index contributed by atoms with van der Waals surface area (Å²) in [6.45, 7) is 1.74. The lowest BCUT2D eigenvalue weighted by atomic mass is 10.1. The van der Waals surface area contributed by atoms with Crippen molar-refractivity contribution in [3.05, 3.63) is 64.7 Å². The fourth-order valence-corrected chi connectivity index (χ4v) is 1.93. The van der Waals surface area contributed by atoms with Gasteiger partial charge in [-0.25, -0.2) is 13.6 Å². The van der Waals surface area contributed by atoms with Gasteiger partial charge in [-0.05, 0) is 42.8 Å². The average molecular weight is 277 g/mol. The summed E-state index contributed by atoms with van der Waals surface area (Å²) in [6, 6.07) is 8.01. The molecule has 0 aromatic heterocycles. The minimum atomic E-state index is -1.02. The fraction of sp³-hybridized carbons (Fsp3) is 0.133. The van der Waals surface area contributed by atoms with Crippen LogP contribution in [0.25, 0.3) is 0 Å². The molecule has 0 amide bonds. The second-order valence-electron chi connectivity index (χ2n) is 4.37. The molecule has 0 heterocycles. The summed E-state index contributed by atoms with van der Waals surface area (Å²) in [5.74, 6) is -2.05. The van der Waals surface area contributed by atoms with Crippen LogP contribution in [0.1, 0.15) is 21.5 Å². The largest absolute Gasteiger partial charge is 0.478 e. The Bertz CT molecular complexity index is 656. The number of halogens is 2. The molecule has 0 spiro atoms. The third kappa shape index (κ3) is 2.93. The Hall–Kier alpha value is -2.43. The van der Waals surface area contributed by atoms with E-state index in [4.69, 9.17) is 5.11 Å². The first-order chi connectivity index (χ1) is 9.49. The van der Waals surface area contributed by atoms with Crippen LogP contribution in [0, 0.1) is 18.6 Å². The van der Waals surface area contributed by atoms with E-state index in [0.717, 1.165) is 18.2 Å². The monoisotopic (exact) mass is 277 g/mol. The van der Waals surface area contributed by atoms with Crippen LogP contribution in [-0.2, 0) is 6.54 Å². The van der Waals surface area contributed by atoms with E-state index in [1.165, 1.54) is 6.07 Å². The Kier molecular flexibility index (Phi) is 3.98. The van der Waals surface area contributed by atoms with E-state index in [0.29, 0.717) is 11.3 Å². The van der Waals surface area contributed by atoms with Crippen LogP contribution >= 0.6 is 0 Å². The van der Waals surface area contributed by atoms with Gasteiger partial charge in [-0.3, -0.25) is 0 Å². The molecular weight excluding hydrogens is 264 g/mol.